The second-order valence-corrected chi connectivity index (χ2v) is 5.20. The van der Waals surface area contributed by atoms with Crippen molar-refractivity contribution in [3.63, 3.8) is 0 Å². The van der Waals surface area contributed by atoms with Gasteiger partial charge < -0.3 is 11.1 Å². The molecule has 0 aliphatic heterocycles. The molecule has 0 aliphatic carbocycles. The van der Waals surface area contributed by atoms with E-state index in [1.165, 1.54) is 11.1 Å². The summed E-state index contributed by atoms with van der Waals surface area (Å²) in [6.45, 7) is 5.32. The summed E-state index contributed by atoms with van der Waals surface area (Å²) in [5.74, 6) is 0.568. The van der Waals surface area contributed by atoms with Crippen LogP contribution in [-0.4, -0.2) is 16.5 Å². The Morgan fingerprint density at radius 3 is 2.76 bits per heavy atom. The molecule has 0 bridgehead atoms. The van der Waals surface area contributed by atoms with Crippen LogP contribution >= 0.6 is 0 Å². The predicted octanol–water partition coefficient (Wildman–Crippen LogP) is 2.90. The Balaban J connectivity index is 2.25. The molecule has 0 saturated heterocycles. The van der Waals surface area contributed by atoms with Gasteiger partial charge in [-0.2, -0.15) is 0 Å². The SMILES string of the molecule is CCCNC(Cc1ccnc(N)c1)c1ncccc1CC. The first kappa shape index (κ1) is 15.4. The molecule has 2 rings (SSSR count). The van der Waals surface area contributed by atoms with E-state index in [9.17, 15) is 0 Å². The largest absolute Gasteiger partial charge is 0.384 e. The Kier molecular flexibility index (Phi) is 5.69. The lowest BCUT2D eigenvalue weighted by Crippen LogP contribution is -2.26. The molecule has 1 atom stereocenters. The molecule has 0 spiro atoms. The number of hydrogen-bond donors (Lipinski definition) is 2. The molecule has 1 unspecified atom stereocenters. The summed E-state index contributed by atoms with van der Waals surface area (Å²) < 4.78 is 0. The lowest BCUT2D eigenvalue weighted by molar-refractivity contribution is 0.514. The molecular weight excluding hydrogens is 260 g/mol. The highest BCUT2D eigenvalue weighted by molar-refractivity contribution is 5.33. The van der Waals surface area contributed by atoms with Crippen LogP contribution in [0.5, 0.6) is 0 Å². The summed E-state index contributed by atoms with van der Waals surface area (Å²) in [6, 6.07) is 8.33. The van der Waals surface area contributed by atoms with Gasteiger partial charge in [0.25, 0.3) is 0 Å². The predicted molar refractivity (Wildman–Crippen MR) is 87.0 cm³/mol. The average molecular weight is 284 g/mol. The number of anilines is 1. The molecule has 0 fully saturated rings. The highest BCUT2D eigenvalue weighted by Crippen LogP contribution is 2.21. The quantitative estimate of drug-likeness (QED) is 0.820. The van der Waals surface area contributed by atoms with Crippen LogP contribution in [0.15, 0.2) is 36.7 Å². The Hall–Kier alpha value is -1.94. The smallest absolute Gasteiger partial charge is 0.123 e. The monoisotopic (exact) mass is 284 g/mol. The lowest BCUT2D eigenvalue weighted by Gasteiger charge is -2.20. The number of nitrogens with one attached hydrogen (secondary N) is 1. The van der Waals surface area contributed by atoms with E-state index < -0.39 is 0 Å². The molecule has 2 aromatic heterocycles. The van der Waals surface area contributed by atoms with Crippen LogP contribution in [-0.2, 0) is 12.8 Å². The Morgan fingerprint density at radius 1 is 1.19 bits per heavy atom. The fourth-order valence-corrected chi connectivity index (χ4v) is 2.50. The Morgan fingerprint density at radius 2 is 2.05 bits per heavy atom. The van der Waals surface area contributed by atoms with Crippen molar-refractivity contribution in [1.82, 2.24) is 15.3 Å². The molecule has 0 saturated carbocycles. The molecule has 0 amide bonds. The number of rotatable bonds is 7. The van der Waals surface area contributed by atoms with E-state index >= 15 is 0 Å². The van der Waals surface area contributed by atoms with Crippen LogP contribution in [0.3, 0.4) is 0 Å². The minimum absolute atomic E-state index is 0.211. The first-order valence-corrected chi connectivity index (χ1v) is 7.62. The molecule has 21 heavy (non-hydrogen) atoms. The van der Waals surface area contributed by atoms with E-state index in [0.29, 0.717) is 5.82 Å². The van der Waals surface area contributed by atoms with Gasteiger partial charge in [0.05, 0.1) is 11.7 Å². The van der Waals surface area contributed by atoms with Gasteiger partial charge in [0, 0.05) is 12.4 Å². The molecule has 2 aromatic rings. The van der Waals surface area contributed by atoms with E-state index in [0.717, 1.165) is 31.5 Å². The first-order chi connectivity index (χ1) is 10.2. The molecule has 112 valence electrons. The van der Waals surface area contributed by atoms with Gasteiger partial charge in [-0.15, -0.1) is 0 Å². The van der Waals surface area contributed by atoms with Crippen LogP contribution in [0.4, 0.5) is 5.82 Å². The molecule has 0 aliphatic rings. The van der Waals surface area contributed by atoms with Crippen molar-refractivity contribution >= 4 is 5.82 Å². The molecule has 3 N–H and O–H groups in total. The van der Waals surface area contributed by atoms with E-state index in [2.05, 4.69) is 35.2 Å². The van der Waals surface area contributed by atoms with Crippen molar-refractivity contribution < 1.29 is 0 Å². The molecule has 0 aromatic carbocycles. The van der Waals surface area contributed by atoms with Crippen LogP contribution in [0.25, 0.3) is 0 Å². The number of aryl methyl sites for hydroxylation is 1. The van der Waals surface area contributed by atoms with E-state index in [-0.39, 0.29) is 6.04 Å². The van der Waals surface area contributed by atoms with E-state index in [1.807, 2.05) is 24.4 Å². The summed E-state index contributed by atoms with van der Waals surface area (Å²) in [4.78, 5) is 8.67. The van der Waals surface area contributed by atoms with Crippen molar-refractivity contribution in [3.8, 4) is 0 Å². The van der Waals surface area contributed by atoms with Crippen molar-refractivity contribution in [1.29, 1.82) is 0 Å². The number of pyridine rings is 2. The number of hydrogen-bond acceptors (Lipinski definition) is 4. The van der Waals surface area contributed by atoms with Gasteiger partial charge in [-0.1, -0.05) is 19.9 Å². The van der Waals surface area contributed by atoms with Crippen molar-refractivity contribution in [2.75, 3.05) is 12.3 Å². The second kappa shape index (κ2) is 7.74. The van der Waals surface area contributed by atoms with E-state index in [1.54, 1.807) is 6.20 Å². The lowest BCUT2D eigenvalue weighted by atomic mass is 9.98. The van der Waals surface area contributed by atoms with Crippen LogP contribution in [0, 0.1) is 0 Å². The Bertz CT molecular complexity index is 568. The second-order valence-electron chi connectivity index (χ2n) is 5.20. The molecule has 4 nitrogen and oxygen atoms in total. The average Bonchev–Trinajstić information content (AvgIpc) is 2.51. The zero-order chi connectivity index (χ0) is 15.1. The highest BCUT2D eigenvalue weighted by atomic mass is 14.9. The van der Waals surface area contributed by atoms with Gasteiger partial charge in [-0.25, -0.2) is 4.98 Å². The maximum absolute atomic E-state index is 5.78. The first-order valence-electron chi connectivity index (χ1n) is 7.62. The van der Waals surface area contributed by atoms with Crippen LogP contribution in [0.2, 0.25) is 0 Å². The van der Waals surface area contributed by atoms with Crippen molar-refractivity contribution in [2.24, 2.45) is 0 Å². The van der Waals surface area contributed by atoms with Crippen molar-refractivity contribution in [3.05, 3.63) is 53.5 Å². The Labute approximate surface area is 126 Å². The van der Waals surface area contributed by atoms with Crippen LogP contribution in [0.1, 0.15) is 43.1 Å². The maximum Gasteiger partial charge on any atom is 0.123 e. The van der Waals surface area contributed by atoms with E-state index in [4.69, 9.17) is 5.73 Å². The third-order valence-corrected chi connectivity index (χ3v) is 3.56. The third-order valence-electron chi connectivity index (χ3n) is 3.56. The number of nitrogens with two attached hydrogens (primary N) is 1. The maximum atomic E-state index is 5.78. The van der Waals surface area contributed by atoms with Gasteiger partial charge in [0.1, 0.15) is 5.82 Å². The highest BCUT2D eigenvalue weighted by Gasteiger charge is 2.16. The summed E-state index contributed by atoms with van der Waals surface area (Å²) in [5.41, 5.74) is 9.41. The number of aromatic nitrogens is 2. The fraction of sp³-hybridized carbons (Fsp3) is 0.412. The summed E-state index contributed by atoms with van der Waals surface area (Å²) in [7, 11) is 0. The van der Waals surface area contributed by atoms with Gasteiger partial charge in [-0.05, 0) is 55.1 Å². The topological polar surface area (TPSA) is 63.8 Å². The zero-order valence-corrected chi connectivity index (χ0v) is 12.8. The molecule has 2 heterocycles. The number of nitrogens with zero attached hydrogens (tertiary/aromatic N) is 2. The zero-order valence-electron chi connectivity index (χ0n) is 12.8. The van der Waals surface area contributed by atoms with Gasteiger partial charge >= 0.3 is 0 Å². The van der Waals surface area contributed by atoms with Gasteiger partial charge in [0.15, 0.2) is 0 Å². The third kappa shape index (κ3) is 4.26. The molecule has 0 radical (unpaired) electrons. The van der Waals surface area contributed by atoms with Crippen molar-refractivity contribution in [2.45, 2.75) is 39.2 Å². The minimum atomic E-state index is 0.211. The fourth-order valence-electron chi connectivity index (χ4n) is 2.50. The summed E-state index contributed by atoms with van der Waals surface area (Å²) >= 11 is 0. The van der Waals surface area contributed by atoms with Gasteiger partial charge in [-0.3, -0.25) is 4.98 Å². The summed E-state index contributed by atoms with van der Waals surface area (Å²) in [5, 5.41) is 3.60. The van der Waals surface area contributed by atoms with Gasteiger partial charge in [0.2, 0.25) is 0 Å². The summed E-state index contributed by atoms with van der Waals surface area (Å²) in [6.07, 6.45) is 6.60. The van der Waals surface area contributed by atoms with Crippen LogP contribution < -0.4 is 11.1 Å². The normalized spacial score (nSPS) is 12.3. The number of nitrogen functional groups attached to an aromatic ring is 1. The molecular formula is C17H24N4. The standard InChI is InChI=1S/C17H24N4/c1-3-8-19-15(11-13-7-10-20-16(18)12-13)17-14(4-2)6-5-9-21-17/h5-7,9-10,12,15,19H,3-4,8,11H2,1-2H3,(H2,18,20). The molecule has 4 heteroatoms. The minimum Gasteiger partial charge on any atom is -0.384 e.